The van der Waals surface area contributed by atoms with Gasteiger partial charge in [-0.15, -0.1) is 11.3 Å². The number of urea groups is 1. The second-order valence-electron chi connectivity index (χ2n) is 5.92. The van der Waals surface area contributed by atoms with E-state index in [1.54, 1.807) is 11.3 Å². The number of morpholine rings is 1. The maximum absolute atomic E-state index is 12.8. The largest absolute Gasteiger partial charge is 0.377 e. The second-order valence-corrected chi connectivity index (χ2v) is 7.36. The maximum Gasteiger partial charge on any atom is 0.320 e. The first-order chi connectivity index (χ1) is 11.1. The van der Waals surface area contributed by atoms with Crippen LogP contribution in [0.3, 0.4) is 0 Å². The quantitative estimate of drug-likeness (QED) is 0.684. The molecule has 1 atom stereocenters. The highest BCUT2D eigenvalue weighted by Crippen LogP contribution is 2.37. The summed E-state index contributed by atoms with van der Waals surface area (Å²) in [6.07, 6.45) is 2.29. The van der Waals surface area contributed by atoms with E-state index in [1.807, 2.05) is 16.7 Å². The van der Waals surface area contributed by atoms with Crippen molar-refractivity contribution >= 4 is 39.2 Å². The van der Waals surface area contributed by atoms with Crippen LogP contribution in [-0.4, -0.2) is 58.1 Å². The maximum atomic E-state index is 12.8. The van der Waals surface area contributed by atoms with Crippen molar-refractivity contribution in [1.29, 1.82) is 0 Å². The summed E-state index contributed by atoms with van der Waals surface area (Å²) in [6.45, 7) is 5.24. The molecule has 2 aromatic heterocycles. The molecule has 0 spiro atoms. The van der Waals surface area contributed by atoms with Gasteiger partial charge in [-0.1, -0.05) is 11.6 Å². The van der Waals surface area contributed by atoms with Crippen molar-refractivity contribution in [1.82, 2.24) is 19.8 Å². The molecule has 122 valence electrons. The van der Waals surface area contributed by atoms with Crippen LogP contribution in [-0.2, 0) is 17.7 Å². The number of ether oxygens (including phenoxy) is 1. The van der Waals surface area contributed by atoms with Crippen LogP contribution in [0.4, 0.5) is 4.79 Å². The molecule has 0 aliphatic carbocycles. The van der Waals surface area contributed by atoms with Gasteiger partial charge in [0.25, 0.3) is 0 Å². The second kappa shape index (κ2) is 5.89. The Morgan fingerprint density at radius 3 is 3.13 bits per heavy atom. The molecular formula is C15H17ClN4O2S. The van der Waals surface area contributed by atoms with Crippen LogP contribution >= 0.6 is 22.9 Å². The van der Waals surface area contributed by atoms with Crippen LogP contribution < -0.4 is 0 Å². The monoisotopic (exact) mass is 352 g/mol. The lowest BCUT2D eigenvalue weighted by atomic mass is 10.1. The number of carbonyl (C=O) groups excluding carboxylic acids is 1. The van der Waals surface area contributed by atoms with Crippen molar-refractivity contribution in [3.8, 4) is 0 Å². The van der Waals surface area contributed by atoms with Crippen molar-refractivity contribution in [3.63, 3.8) is 0 Å². The molecule has 4 heterocycles. The summed E-state index contributed by atoms with van der Waals surface area (Å²) < 4.78 is 5.42. The summed E-state index contributed by atoms with van der Waals surface area (Å²) in [5.74, 6) is 0. The number of nitrogens with zero attached hydrogens (tertiary/aromatic N) is 4. The zero-order valence-electron chi connectivity index (χ0n) is 12.8. The van der Waals surface area contributed by atoms with Crippen LogP contribution in [0.2, 0.25) is 5.15 Å². The third-order valence-electron chi connectivity index (χ3n) is 4.47. The lowest BCUT2D eigenvalue weighted by molar-refractivity contribution is 0.00947. The molecular weight excluding hydrogens is 336 g/mol. The molecule has 6 nitrogen and oxygen atoms in total. The predicted molar refractivity (Wildman–Crippen MR) is 88.9 cm³/mol. The number of rotatable bonds is 0. The van der Waals surface area contributed by atoms with Gasteiger partial charge in [-0.3, -0.25) is 0 Å². The summed E-state index contributed by atoms with van der Waals surface area (Å²) >= 11 is 7.84. The number of amides is 2. The number of halogens is 1. The van der Waals surface area contributed by atoms with Crippen molar-refractivity contribution in [2.75, 3.05) is 26.3 Å². The van der Waals surface area contributed by atoms with Crippen molar-refractivity contribution < 1.29 is 9.53 Å². The van der Waals surface area contributed by atoms with E-state index in [-0.39, 0.29) is 12.1 Å². The summed E-state index contributed by atoms with van der Waals surface area (Å²) in [6, 6.07) is 0.224. The third kappa shape index (κ3) is 2.56. The highest BCUT2D eigenvalue weighted by atomic mass is 35.5. The van der Waals surface area contributed by atoms with Gasteiger partial charge >= 0.3 is 6.03 Å². The molecule has 2 aromatic rings. The third-order valence-corrected chi connectivity index (χ3v) is 5.89. The standard InChI is InChI=1S/C15H17ClN4O2S/c1-9-7-22-5-4-20(9)15(21)19-3-2-10-11(6-19)23-14-12(10)13(16)17-8-18-14/h8-9H,2-7H2,1H3/t9-/m1/s1. The minimum absolute atomic E-state index is 0.0982. The molecule has 0 aromatic carbocycles. The molecule has 0 unspecified atom stereocenters. The first-order valence-electron chi connectivity index (χ1n) is 7.69. The number of hydrogen-bond acceptors (Lipinski definition) is 5. The first-order valence-corrected chi connectivity index (χ1v) is 8.88. The van der Waals surface area contributed by atoms with E-state index < -0.39 is 0 Å². The fourth-order valence-electron chi connectivity index (χ4n) is 3.25. The fraction of sp³-hybridized carbons (Fsp3) is 0.533. The summed E-state index contributed by atoms with van der Waals surface area (Å²) in [7, 11) is 0. The van der Waals surface area contributed by atoms with Crippen molar-refractivity contribution in [3.05, 3.63) is 21.9 Å². The number of thiophene rings is 1. The van der Waals surface area contributed by atoms with Crippen LogP contribution in [0.15, 0.2) is 6.33 Å². The predicted octanol–water partition coefficient (Wildman–Crippen LogP) is 2.54. The summed E-state index contributed by atoms with van der Waals surface area (Å²) in [4.78, 5) is 27.1. The van der Waals surface area contributed by atoms with Crippen LogP contribution in [0.1, 0.15) is 17.4 Å². The van der Waals surface area contributed by atoms with Gasteiger partial charge in [0.2, 0.25) is 0 Å². The van der Waals surface area contributed by atoms with Crippen molar-refractivity contribution in [2.45, 2.75) is 25.9 Å². The molecule has 2 aliphatic heterocycles. The Morgan fingerprint density at radius 1 is 1.43 bits per heavy atom. The molecule has 1 saturated heterocycles. The Morgan fingerprint density at radius 2 is 2.30 bits per heavy atom. The van der Waals surface area contributed by atoms with E-state index in [0.717, 1.165) is 16.6 Å². The molecule has 0 bridgehead atoms. The molecule has 4 rings (SSSR count). The Kier molecular flexibility index (Phi) is 3.87. The SMILES string of the molecule is C[C@@H]1COCCN1C(=O)N1CCc2c(sc3ncnc(Cl)c23)C1. The average Bonchev–Trinajstić information content (AvgIpc) is 2.93. The normalized spacial score (nSPS) is 21.6. The topological polar surface area (TPSA) is 58.6 Å². The highest BCUT2D eigenvalue weighted by Gasteiger charge is 2.31. The van der Waals surface area contributed by atoms with Gasteiger partial charge in [-0.2, -0.15) is 0 Å². The minimum Gasteiger partial charge on any atom is -0.377 e. The molecule has 0 N–H and O–H groups in total. The van der Waals surface area contributed by atoms with E-state index in [1.165, 1.54) is 16.8 Å². The van der Waals surface area contributed by atoms with Crippen LogP contribution in [0.25, 0.3) is 10.2 Å². The average molecular weight is 353 g/mol. The lowest BCUT2D eigenvalue weighted by Gasteiger charge is -2.38. The molecule has 0 radical (unpaired) electrons. The molecule has 8 heteroatoms. The minimum atomic E-state index is 0.0982. The van der Waals surface area contributed by atoms with Gasteiger partial charge in [0.1, 0.15) is 16.3 Å². The number of aromatic nitrogens is 2. The Labute approximate surface area is 143 Å². The number of carbonyl (C=O) groups is 1. The van der Waals surface area contributed by atoms with Crippen LogP contribution in [0.5, 0.6) is 0 Å². The molecule has 2 amide bonds. The van der Waals surface area contributed by atoms with E-state index in [4.69, 9.17) is 16.3 Å². The van der Waals surface area contributed by atoms with Crippen molar-refractivity contribution in [2.24, 2.45) is 0 Å². The van der Waals surface area contributed by atoms with E-state index in [9.17, 15) is 4.79 Å². The molecule has 23 heavy (non-hydrogen) atoms. The highest BCUT2D eigenvalue weighted by molar-refractivity contribution is 7.19. The smallest absolute Gasteiger partial charge is 0.320 e. The van der Waals surface area contributed by atoms with E-state index in [0.29, 0.717) is 38.0 Å². The fourth-order valence-corrected chi connectivity index (χ4v) is 4.75. The molecule has 0 saturated carbocycles. The summed E-state index contributed by atoms with van der Waals surface area (Å²) in [5.41, 5.74) is 1.20. The Bertz CT molecular complexity index is 765. The Hall–Kier alpha value is -1.44. The number of hydrogen-bond donors (Lipinski definition) is 0. The zero-order valence-corrected chi connectivity index (χ0v) is 14.4. The zero-order chi connectivity index (χ0) is 16.0. The molecule has 2 aliphatic rings. The number of fused-ring (bicyclic) bond motifs is 3. The summed E-state index contributed by atoms with van der Waals surface area (Å²) in [5, 5.41) is 1.47. The first kappa shape index (κ1) is 15.1. The van der Waals surface area contributed by atoms with Gasteiger partial charge in [-0.05, 0) is 18.9 Å². The van der Waals surface area contributed by atoms with Gasteiger partial charge in [0.05, 0.1) is 31.2 Å². The Balaban J connectivity index is 1.60. The van der Waals surface area contributed by atoms with Gasteiger partial charge in [-0.25, -0.2) is 14.8 Å². The lowest BCUT2D eigenvalue weighted by Crippen LogP contribution is -2.53. The van der Waals surface area contributed by atoms with Gasteiger partial charge < -0.3 is 14.5 Å². The molecule has 1 fully saturated rings. The van der Waals surface area contributed by atoms with Gasteiger partial charge in [0.15, 0.2) is 0 Å². The van der Waals surface area contributed by atoms with Crippen LogP contribution in [0, 0.1) is 0 Å². The van der Waals surface area contributed by atoms with E-state index >= 15 is 0 Å². The van der Waals surface area contributed by atoms with E-state index in [2.05, 4.69) is 9.97 Å². The van der Waals surface area contributed by atoms with Gasteiger partial charge in [0, 0.05) is 18.0 Å².